The van der Waals surface area contributed by atoms with Gasteiger partial charge in [0, 0.05) is 13.5 Å². The molecule has 1 aliphatic heterocycles. The van der Waals surface area contributed by atoms with Gasteiger partial charge in [0.2, 0.25) is 15.9 Å². The Hall–Kier alpha value is -2.39. The molecule has 0 spiro atoms. The Morgan fingerprint density at radius 1 is 1.31 bits per heavy atom. The van der Waals surface area contributed by atoms with Gasteiger partial charge in [-0.25, -0.2) is 8.42 Å². The number of carbonyl (C=O) groups excluding carboxylic acids is 1. The molecule has 9 heteroatoms. The summed E-state index contributed by atoms with van der Waals surface area (Å²) in [6, 6.07) is 8.26. The SMILES string of the molecule is CNC(=O)[C@H]1C[C@H](Oc2ccccc2)CN1S(=O)(=O)c1c(C)noc1C. The third kappa shape index (κ3) is 3.32. The summed E-state index contributed by atoms with van der Waals surface area (Å²) in [4.78, 5) is 12.3. The smallest absolute Gasteiger partial charge is 0.249 e. The van der Waals surface area contributed by atoms with Crippen molar-refractivity contribution >= 4 is 15.9 Å². The minimum atomic E-state index is -3.95. The summed E-state index contributed by atoms with van der Waals surface area (Å²) in [6.07, 6.45) is -0.174. The Kier molecular flexibility index (Phi) is 5.01. The monoisotopic (exact) mass is 379 g/mol. The molecule has 140 valence electrons. The van der Waals surface area contributed by atoms with E-state index in [0.29, 0.717) is 5.75 Å². The van der Waals surface area contributed by atoms with E-state index in [0.717, 1.165) is 0 Å². The molecule has 1 fully saturated rings. The summed E-state index contributed by atoms with van der Waals surface area (Å²) in [7, 11) is -2.47. The lowest BCUT2D eigenvalue weighted by Gasteiger charge is -2.22. The van der Waals surface area contributed by atoms with E-state index in [4.69, 9.17) is 9.26 Å². The van der Waals surface area contributed by atoms with Crippen molar-refractivity contribution in [3.63, 3.8) is 0 Å². The predicted molar refractivity (Wildman–Crippen MR) is 93.2 cm³/mol. The van der Waals surface area contributed by atoms with E-state index in [-0.39, 0.29) is 35.2 Å². The van der Waals surface area contributed by atoms with Gasteiger partial charge in [-0.2, -0.15) is 4.31 Å². The largest absolute Gasteiger partial charge is 0.489 e. The molecule has 1 aromatic heterocycles. The van der Waals surface area contributed by atoms with Crippen LogP contribution in [-0.2, 0) is 14.8 Å². The summed E-state index contributed by atoms with van der Waals surface area (Å²) in [5, 5.41) is 6.25. The van der Waals surface area contributed by atoms with Gasteiger partial charge in [-0.3, -0.25) is 4.79 Å². The number of ether oxygens (including phenoxy) is 1. The maximum absolute atomic E-state index is 13.2. The van der Waals surface area contributed by atoms with Crippen molar-refractivity contribution in [2.45, 2.75) is 37.3 Å². The van der Waals surface area contributed by atoms with E-state index in [1.165, 1.54) is 18.3 Å². The van der Waals surface area contributed by atoms with E-state index < -0.39 is 22.2 Å². The molecule has 0 unspecified atom stereocenters. The van der Waals surface area contributed by atoms with Crippen LogP contribution in [-0.4, -0.2) is 49.5 Å². The van der Waals surface area contributed by atoms with Crippen molar-refractivity contribution < 1.29 is 22.5 Å². The molecule has 3 rings (SSSR count). The number of hydrogen-bond acceptors (Lipinski definition) is 6. The van der Waals surface area contributed by atoms with Crippen molar-refractivity contribution in [1.29, 1.82) is 0 Å². The number of carbonyl (C=O) groups is 1. The molecule has 0 aliphatic carbocycles. The second-order valence-electron chi connectivity index (χ2n) is 6.15. The van der Waals surface area contributed by atoms with Gasteiger partial charge >= 0.3 is 0 Å². The molecule has 0 bridgehead atoms. The van der Waals surface area contributed by atoms with E-state index in [9.17, 15) is 13.2 Å². The average Bonchev–Trinajstić information content (AvgIpc) is 3.19. The molecule has 1 N–H and O–H groups in total. The third-order valence-electron chi connectivity index (χ3n) is 4.35. The maximum Gasteiger partial charge on any atom is 0.249 e. The van der Waals surface area contributed by atoms with E-state index in [2.05, 4.69) is 10.5 Å². The maximum atomic E-state index is 13.2. The highest BCUT2D eigenvalue weighted by Crippen LogP contribution is 2.31. The standard InChI is InChI=1S/C17H21N3O5S/c1-11-16(12(2)25-19-11)26(22,23)20-10-14(9-15(20)17(21)18-3)24-13-7-5-4-6-8-13/h4-8,14-15H,9-10H2,1-3H3,(H,18,21)/t14-,15+/m0/s1. The van der Waals surface area contributed by atoms with Gasteiger partial charge in [-0.1, -0.05) is 23.4 Å². The highest BCUT2D eigenvalue weighted by molar-refractivity contribution is 7.89. The van der Waals surface area contributed by atoms with E-state index in [1.54, 1.807) is 19.1 Å². The van der Waals surface area contributed by atoms with Crippen LogP contribution in [0.15, 0.2) is 39.8 Å². The predicted octanol–water partition coefficient (Wildman–Crippen LogP) is 1.25. The number of likely N-dealkylation sites (N-methyl/N-ethyl adjacent to an activating group) is 1. The molecular formula is C17H21N3O5S. The summed E-state index contributed by atoms with van der Waals surface area (Å²) >= 11 is 0. The van der Waals surface area contributed by atoms with Crippen LogP contribution in [0, 0.1) is 13.8 Å². The number of aromatic nitrogens is 1. The number of hydrogen-bond donors (Lipinski definition) is 1. The first kappa shape index (κ1) is 18.4. The molecule has 1 aromatic carbocycles. The molecule has 2 heterocycles. The number of amides is 1. The fourth-order valence-corrected chi connectivity index (χ4v) is 5.10. The van der Waals surface area contributed by atoms with E-state index in [1.807, 2.05) is 18.2 Å². The van der Waals surface area contributed by atoms with Gasteiger partial charge in [0.1, 0.15) is 28.5 Å². The quantitative estimate of drug-likeness (QED) is 0.839. The first-order chi connectivity index (χ1) is 12.3. The zero-order chi connectivity index (χ0) is 18.9. The molecule has 0 saturated carbocycles. The van der Waals surface area contributed by atoms with Crippen LogP contribution < -0.4 is 10.1 Å². The van der Waals surface area contributed by atoms with Crippen molar-refractivity contribution in [3.8, 4) is 5.75 Å². The minimum absolute atomic E-state index is 0.00626. The minimum Gasteiger partial charge on any atom is -0.489 e. The number of nitrogens with zero attached hydrogens (tertiary/aromatic N) is 2. The van der Waals surface area contributed by atoms with Crippen LogP contribution in [0.1, 0.15) is 17.9 Å². The van der Waals surface area contributed by atoms with Gasteiger partial charge in [-0.15, -0.1) is 0 Å². The molecule has 1 saturated heterocycles. The van der Waals surface area contributed by atoms with Gasteiger partial charge in [-0.05, 0) is 26.0 Å². The average molecular weight is 379 g/mol. The number of rotatable bonds is 5. The topological polar surface area (TPSA) is 102 Å². The fraction of sp³-hybridized carbons (Fsp3) is 0.412. The van der Waals surface area contributed by atoms with Crippen LogP contribution >= 0.6 is 0 Å². The Balaban J connectivity index is 1.92. The number of benzene rings is 1. The lowest BCUT2D eigenvalue weighted by Crippen LogP contribution is -2.45. The van der Waals surface area contributed by atoms with Crippen LogP contribution in [0.3, 0.4) is 0 Å². The van der Waals surface area contributed by atoms with Crippen molar-refractivity contribution in [2.75, 3.05) is 13.6 Å². The summed E-state index contributed by atoms with van der Waals surface area (Å²) in [5.41, 5.74) is 0.269. The zero-order valence-electron chi connectivity index (χ0n) is 14.8. The number of sulfonamides is 1. The summed E-state index contributed by atoms with van der Waals surface area (Å²) in [6.45, 7) is 3.17. The molecule has 2 atom stereocenters. The lowest BCUT2D eigenvalue weighted by atomic mass is 10.2. The van der Waals surface area contributed by atoms with E-state index >= 15 is 0 Å². The van der Waals surface area contributed by atoms with Gasteiger partial charge in [0.05, 0.1) is 6.54 Å². The molecule has 0 radical (unpaired) electrons. The molecular weight excluding hydrogens is 358 g/mol. The zero-order valence-corrected chi connectivity index (χ0v) is 15.6. The highest BCUT2D eigenvalue weighted by Gasteiger charge is 2.46. The number of nitrogens with one attached hydrogen (secondary N) is 1. The first-order valence-corrected chi connectivity index (χ1v) is 9.66. The fourth-order valence-electron chi connectivity index (χ4n) is 3.18. The van der Waals surface area contributed by atoms with Gasteiger partial charge in [0.25, 0.3) is 0 Å². The molecule has 26 heavy (non-hydrogen) atoms. The number of aryl methyl sites for hydroxylation is 2. The summed E-state index contributed by atoms with van der Waals surface area (Å²) < 4.78 is 38.4. The Morgan fingerprint density at radius 2 is 2.00 bits per heavy atom. The van der Waals surface area contributed by atoms with Gasteiger partial charge in [0.15, 0.2) is 5.76 Å². The van der Waals surface area contributed by atoms with Crippen molar-refractivity contribution in [2.24, 2.45) is 0 Å². The third-order valence-corrected chi connectivity index (χ3v) is 6.47. The van der Waals surface area contributed by atoms with Crippen LogP contribution in [0.2, 0.25) is 0 Å². The number of para-hydroxylation sites is 1. The molecule has 2 aromatic rings. The molecule has 1 amide bonds. The second kappa shape index (κ2) is 7.08. The van der Waals surface area contributed by atoms with Crippen molar-refractivity contribution in [3.05, 3.63) is 41.8 Å². The highest BCUT2D eigenvalue weighted by atomic mass is 32.2. The second-order valence-corrected chi connectivity index (χ2v) is 7.97. The molecule has 1 aliphatic rings. The van der Waals surface area contributed by atoms with Crippen LogP contribution in [0.25, 0.3) is 0 Å². The van der Waals surface area contributed by atoms with Crippen molar-refractivity contribution in [1.82, 2.24) is 14.8 Å². The van der Waals surface area contributed by atoms with Gasteiger partial charge < -0.3 is 14.6 Å². The molecule has 8 nitrogen and oxygen atoms in total. The Labute approximate surface area is 152 Å². The first-order valence-electron chi connectivity index (χ1n) is 8.22. The van der Waals surface area contributed by atoms with Crippen LogP contribution in [0.4, 0.5) is 0 Å². The Bertz CT molecular complexity index is 875. The Morgan fingerprint density at radius 3 is 2.58 bits per heavy atom. The summed E-state index contributed by atoms with van der Waals surface area (Å²) in [5.74, 6) is 0.454. The lowest BCUT2D eigenvalue weighted by molar-refractivity contribution is -0.123. The normalized spacial score (nSPS) is 20.9. The van der Waals surface area contributed by atoms with Crippen LogP contribution in [0.5, 0.6) is 5.75 Å².